The number of hydrogen-bond acceptors (Lipinski definition) is 18. The summed E-state index contributed by atoms with van der Waals surface area (Å²) in [5, 5.41) is 75.2. The first-order valence-corrected chi connectivity index (χ1v) is 22.8. The van der Waals surface area contributed by atoms with E-state index in [1.54, 1.807) is 0 Å². The fraction of sp³-hybridized carbons (Fsp3) is 0.250. The Labute approximate surface area is 466 Å². The summed E-state index contributed by atoms with van der Waals surface area (Å²) in [6.07, 6.45) is -12.0. The number of aliphatic carboxylic acids is 6. The van der Waals surface area contributed by atoms with Crippen LogP contribution in [0, 0.1) is 10.8 Å². The molecule has 0 spiro atoms. The quantitative estimate of drug-likeness (QED) is 0.0102. The van der Waals surface area contributed by atoms with Crippen LogP contribution in [0.2, 0.25) is 0 Å². The summed E-state index contributed by atoms with van der Waals surface area (Å²) in [6.45, 7) is -0.221. The lowest BCUT2D eigenvalue weighted by Crippen LogP contribution is -2.42. The Morgan fingerprint density at radius 1 is 0.452 bits per heavy atom. The number of anilines is 2. The van der Waals surface area contributed by atoms with Crippen molar-refractivity contribution >= 4 is 82.9 Å². The third kappa shape index (κ3) is 26.9. The van der Waals surface area contributed by atoms with Crippen LogP contribution in [-0.4, -0.2) is 166 Å². The molecule has 0 aromatic heterocycles. The van der Waals surface area contributed by atoms with E-state index in [-0.39, 0.29) is 96.8 Å². The topological polar surface area (TPSA) is 495 Å². The van der Waals surface area contributed by atoms with Gasteiger partial charge < -0.3 is 91.8 Å². The first kappa shape index (κ1) is 69.3. The minimum Gasteiger partial charge on any atom is -0.491 e. The largest absolute Gasteiger partial charge is 0.491 e. The number of hydrogen-bond donors (Lipinski definition) is 14. The normalized spacial score (nSPS) is 11.4. The van der Waals surface area contributed by atoms with Gasteiger partial charge in [0.1, 0.15) is 48.3 Å². The molecule has 4 aromatic rings. The molecule has 454 valence electrons. The second kappa shape index (κ2) is 33.1. The fourth-order valence-corrected chi connectivity index (χ4v) is 5.70. The standard InChI is InChI=1S/C44H46N8O18.2C2HF3O2/c45-43(46)49-27-5-1-23(2-6-27)41(63)69-31-17-25(37(57)51-33(39(59)60)21-35(53)54)15-29(19-31)67-13-11-65-9-10-66-12-14-68-30-16-26(38(58)52-34(40(61)62)22-36(55)56)18-32(20-30)70-42(64)24-3-7-28(8-4-24)50-44(47)48;2*3-2(4,5)1(6)7/h1-8,15-20,33-34H,9-14,21-22H2,(H,51,57)(H,52,58)(H,53,54)(H,55,56)(H,59,60)(H,61,62)(H4,45,46,49)(H4,47,48,50);2*(H,6,7). The monoisotopic (exact) mass is 1200 g/mol. The molecule has 4 rings (SSSR count). The van der Waals surface area contributed by atoms with Gasteiger partial charge in [-0.25, -0.2) is 28.8 Å². The molecule has 0 radical (unpaired) electrons. The first-order valence-electron chi connectivity index (χ1n) is 22.8. The second-order valence-corrected chi connectivity index (χ2v) is 15.8. The lowest BCUT2D eigenvalue weighted by atomic mass is 10.1. The summed E-state index contributed by atoms with van der Waals surface area (Å²) < 4.78 is 96.8. The van der Waals surface area contributed by atoms with Crippen LogP contribution in [0.5, 0.6) is 23.0 Å². The number of halogens is 6. The molecule has 0 fully saturated rings. The molecule has 4 aromatic carbocycles. The number of carbonyl (C=O) groups is 10. The van der Waals surface area contributed by atoms with Gasteiger partial charge in [0.15, 0.2) is 11.9 Å². The lowest BCUT2D eigenvalue weighted by molar-refractivity contribution is -0.193. The second-order valence-electron chi connectivity index (χ2n) is 15.8. The summed E-state index contributed by atoms with van der Waals surface area (Å²) in [5.41, 5.74) is 11.1. The van der Waals surface area contributed by atoms with Crippen molar-refractivity contribution in [3.63, 3.8) is 0 Å². The average molecular weight is 1200 g/mol. The third-order valence-corrected chi connectivity index (χ3v) is 9.32. The van der Waals surface area contributed by atoms with E-state index in [2.05, 4.69) is 21.3 Å². The van der Waals surface area contributed by atoms with Crippen LogP contribution >= 0.6 is 0 Å². The van der Waals surface area contributed by atoms with E-state index < -0.39 is 96.8 Å². The van der Waals surface area contributed by atoms with E-state index in [1.807, 2.05) is 0 Å². The van der Waals surface area contributed by atoms with E-state index in [4.69, 9.17) is 80.7 Å². The van der Waals surface area contributed by atoms with Crippen LogP contribution in [-0.2, 0) is 38.2 Å². The number of alkyl halides is 6. The van der Waals surface area contributed by atoms with Crippen LogP contribution in [0.1, 0.15) is 54.3 Å². The zero-order valence-corrected chi connectivity index (χ0v) is 42.5. The predicted molar refractivity (Wildman–Crippen MR) is 269 cm³/mol. The molecule has 0 bridgehead atoms. The number of amides is 2. The highest BCUT2D eigenvalue weighted by atomic mass is 19.4. The fourth-order valence-electron chi connectivity index (χ4n) is 5.70. The van der Waals surface area contributed by atoms with Gasteiger partial charge in [-0.05, 0) is 72.8 Å². The molecule has 84 heavy (non-hydrogen) atoms. The predicted octanol–water partition coefficient (Wildman–Crippen LogP) is 2.81. The summed E-state index contributed by atoms with van der Waals surface area (Å²) in [7, 11) is 0. The molecule has 0 aliphatic carbocycles. The van der Waals surface area contributed by atoms with Gasteiger partial charge in [0, 0.05) is 34.6 Å². The lowest BCUT2D eigenvalue weighted by Gasteiger charge is -2.15. The number of nitrogens with one attached hydrogen (secondary N) is 6. The summed E-state index contributed by atoms with van der Waals surface area (Å²) in [6, 6.07) is 15.0. The number of benzene rings is 4. The maximum absolute atomic E-state index is 13.1. The third-order valence-electron chi connectivity index (χ3n) is 9.32. The Morgan fingerprint density at radius 2 is 0.738 bits per heavy atom. The molecule has 30 nitrogen and oxygen atoms in total. The Kier molecular flexibility index (Phi) is 27.3. The molecule has 2 atom stereocenters. The molecule has 0 aliphatic heterocycles. The van der Waals surface area contributed by atoms with Gasteiger partial charge in [-0.3, -0.25) is 30.0 Å². The zero-order valence-electron chi connectivity index (χ0n) is 42.5. The van der Waals surface area contributed by atoms with Gasteiger partial charge in [0.05, 0.1) is 50.4 Å². The number of nitrogens with two attached hydrogens (primary N) is 2. The van der Waals surface area contributed by atoms with Crippen LogP contribution in [0.15, 0.2) is 84.9 Å². The maximum atomic E-state index is 13.1. The van der Waals surface area contributed by atoms with E-state index in [0.29, 0.717) is 11.4 Å². The molecule has 0 aliphatic rings. The summed E-state index contributed by atoms with van der Waals surface area (Å²) in [4.78, 5) is 115. The van der Waals surface area contributed by atoms with Crippen molar-refractivity contribution in [2.24, 2.45) is 11.5 Å². The molecule has 2 unspecified atom stereocenters. The average Bonchev–Trinajstić information content (AvgIpc) is 3.37. The van der Waals surface area contributed by atoms with Gasteiger partial charge in [-0.15, -0.1) is 0 Å². The van der Waals surface area contributed by atoms with Crippen molar-refractivity contribution < 1.29 is 133 Å². The summed E-state index contributed by atoms with van der Waals surface area (Å²) >= 11 is 0. The molecule has 0 heterocycles. The Morgan fingerprint density at radius 3 is 1.00 bits per heavy atom. The maximum Gasteiger partial charge on any atom is 0.490 e. The molecule has 36 heteroatoms. The Bertz CT molecular complexity index is 2840. The number of ether oxygens (including phenoxy) is 6. The van der Waals surface area contributed by atoms with Gasteiger partial charge in [0.25, 0.3) is 11.8 Å². The highest BCUT2D eigenvalue weighted by Crippen LogP contribution is 2.27. The molecular formula is C48H48F6N8O22. The highest BCUT2D eigenvalue weighted by molar-refractivity contribution is 6.00. The molecular weight excluding hydrogens is 1150 g/mol. The number of carboxylic acid groups (broad SMARTS) is 6. The number of carboxylic acids is 6. The first-order chi connectivity index (χ1) is 39.1. The van der Waals surface area contributed by atoms with Crippen molar-refractivity contribution in [2.75, 3.05) is 50.3 Å². The van der Waals surface area contributed by atoms with Crippen molar-refractivity contribution in [1.82, 2.24) is 10.6 Å². The smallest absolute Gasteiger partial charge is 0.490 e. The van der Waals surface area contributed by atoms with Crippen molar-refractivity contribution in [3.8, 4) is 23.0 Å². The van der Waals surface area contributed by atoms with Crippen molar-refractivity contribution in [1.29, 1.82) is 10.8 Å². The van der Waals surface area contributed by atoms with E-state index in [9.17, 15) is 74.9 Å². The van der Waals surface area contributed by atoms with Crippen molar-refractivity contribution in [3.05, 3.63) is 107 Å². The van der Waals surface area contributed by atoms with E-state index in [0.717, 1.165) is 12.1 Å². The Balaban J connectivity index is 0.00000152. The van der Waals surface area contributed by atoms with Gasteiger partial charge in [-0.2, -0.15) is 26.3 Å². The van der Waals surface area contributed by atoms with Crippen LogP contribution in [0.25, 0.3) is 0 Å². The minimum atomic E-state index is -5.08. The zero-order chi connectivity index (χ0) is 63.5. The van der Waals surface area contributed by atoms with E-state index in [1.165, 1.54) is 72.8 Å². The minimum absolute atomic E-state index is 0.0163. The SMILES string of the molecule is N=C(N)Nc1ccc(C(=O)Oc2cc(OCCOCCOCCOc3cc(OC(=O)c4ccc(NC(=N)N)cc4)cc(C(=O)NC(CC(=O)O)C(=O)O)c3)cc(C(=O)NC(CC(=O)O)C(=O)O)c2)cc1.O=C(O)C(F)(F)F.O=C(O)C(F)(F)F. The van der Waals surface area contributed by atoms with Gasteiger partial charge in [-0.1, -0.05) is 0 Å². The number of esters is 2. The number of guanidine groups is 2. The molecule has 0 saturated heterocycles. The molecule has 0 saturated carbocycles. The molecule has 2 amide bonds. The number of carbonyl (C=O) groups excluding carboxylic acids is 4. The van der Waals surface area contributed by atoms with Crippen molar-refractivity contribution in [2.45, 2.75) is 37.3 Å². The van der Waals surface area contributed by atoms with Crippen LogP contribution < -0.4 is 51.7 Å². The van der Waals surface area contributed by atoms with Crippen LogP contribution in [0.4, 0.5) is 37.7 Å². The summed E-state index contributed by atoms with van der Waals surface area (Å²) in [5.74, 6) is -16.5. The van der Waals surface area contributed by atoms with Gasteiger partial charge in [0.2, 0.25) is 0 Å². The highest BCUT2D eigenvalue weighted by Gasteiger charge is 2.39. The van der Waals surface area contributed by atoms with Gasteiger partial charge >= 0.3 is 60.1 Å². The Hall–Kier alpha value is -10.8. The van der Waals surface area contributed by atoms with Crippen LogP contribution in [0.3, 0.4) is 0 Å². The van der Waals surface area contributed by atoms with E-state index >= 15 is 0 Å². The number of rotatable bonds is 27. The molecule has 16 N–H and O–H groups in total.